The molecule has 15 heavy (non-hydrogen) atoms. The van der Waals surface area contributed by atoms with Gasteiger partial charge in [0, 0.05) is 7.11 Å². The lowest BCUT2D eigenvalue weighted by atomic mass is 10.1. The molecule has 1 unspecified atom stereocenters. The summed E-state index contributed by atoms with van der Waals surface area (Å²) in [6.07, 6.45) is 15.2. The fourth-order valence-corrected chi connectivity index (χ4v) is 1.68. The molecule has 0 saturated carbocycles. The van der Waals surface area contributed by atoms with Crippen molar-refractivity contribution in [2.75, 3.05) is 7.11 Å². The highest BCUT2D eigenvalue weighted by Gasteiger charge is 2.01. The standard InChI is InChI=1S/C14H28O/c1-4-6-7-8-9-10-11-12-13-14(5-2)15-3/h8-9,14H,4-7,10-13H2,1-3H3. The Morgan fingerprint density at radius 1 is 1.00 bits per heavy atom. The van der Waals surface area contributed by atoms with E-state index in [1.54, 1.807) is 0 Å². The van der Waals surface area contributed by atoms with Crippen molar-refractivity contribution in [1.82, 2.24) is 0 Å². The summed E-state index contributed by atoms with van der Waals surface area (Å²) in [6.45, 7) is 4.43. The summed E-state index contributed by atoms with van der Waals surface area (Å²) in [7, 11) is 1.82. The normalized spacial score (nSPS) is 13.5. The molecule has 1 atom stereocenters. The van der Waals surface area contributed by atoms with Crippen molar-refractivity contribution in [3.05, 3.63) is 12.2 Å². The largest absolute Gasteiger partial charge is 0.381 e. The van der Waals surface area contributed by atoms with Gasteiger partial charge in [0.2, 0.25) is 0 Å². The van der Waals surface area contributed by atoms with E-state index in [4.69, 9.17) is 4.74 Å². The van der Waals surface area contributed by atoms with E-state index in [1.165, 1.54) is 44.9 Å². The molecule has 0 spiro atoms. The van der Waals surface area contributed by atoms with Gasteiger partial charge in [0.1, 0.15) is 0 Å². The molecule has 0 aromatic rings. The van der Waals surface area contributed by atoms with Crippen LogP contribution in [0.3, 0.4) is 0 Å². The Hall–Kier alpha value is -0.300. The summed E-state index contributed by atoms with van der Waals surface area (Å²) in [4.78, 5) is 0. The highest BCUT2D eigenvalue weighted by atomic mass is 16.5. The number of hydrogen-bond donors (Lipinski definition) is 0. The van der Waals surface area contributed by atoms with Gasteiger partial charge >= 0.3 is 0 Å². The Labute approximate surface area is 95.9 Å². The molecule has 0 amide bonds. The van der Waals surface area contributed by atoms with Gasteiger partial charge in [-0.05, 0) is 32.1 Å². The van der Waals surface area contributed by atoms with Crippen molar-refractivity contribution in [3.8, 4) is 0 Å². The van der Waals surface area contributed by atoms with Gasteiger partial charge in [-0.2, -0.15) is 0 Å². The molecule has 1 heteroatoms. The molecule has 0 bridgehead atoms. The molecule has 0 aliphatic carbocycles. The number of allylic oxidation sites excluding steroid dienone is 2. The summed E-state index contributed by atoms with van der Waals surface area (Å²) in [6, 6.07) is 0. The lowest BCUT2D eigenvalue weighted by Crippen LogP contribution is -2.07. The van der Waals surface area contributed by atoms with Crippen molar-refractivity contribution in [2.24, 2.45) is 0 Å². The Balaban J connectivity index is 3.20. The SMILES string of the molecule is CCCCC=CCCCCC(CC)OC. The summed E-state index contributed by atoms with van der Waals surface area (Å²) >= 11 is 0. The fraction of sp³-hybridized carbons (Fsp3) is 0.857. The van der Waals surface area contributed by atoms with Gasteiger partial charge in [0.25, 0.3) is 0 Å². The number of unbranched alkanes of at least 4 members (excludes halogenated alkanes) is 4. The molecule has 0 heterocycles. The second-order valence-electron chi connectivity index (χ2n) is 4.16. The molecule has 0 saturated heterocycles. The van der Waals surface area contributed by atoms with E-state index in [0.29, 0.717) is 6.10 Å². The van der Waals surface area contributed by atoms with Crippen molar-refractivity contribution >= 4 is 0 Å². The predicted molar refractivity (Wildman–Crippen MR) is 68.2 cm³/mol. The first-order chi connectivity index (χ1) is 7.35. The van der Waals surface area contributed by atoms with Crippen LogP contribution >= 0.6 is 0 Å². The van der Waals surface area contributed by atoms with E-state index in [9.17, 15) is 0 Å². The van der Waals surface area contributed by atoms with E-state index in [2.05, 4.69) is 26.0 Å². The quantitative estimate of drug-likeness (QED) is 0.376. The van der Waals surface area contributed by atoms with Crippen LogP contribution in [0.2, 0.25) is 0 Å². The van der Waals surface area contributed by atoms with Crippen LogP contribution in [0.15, 0.2) is 12.2 Å². The molecule has 0 aliphatic heterocycles. The highest BCUT2D eigenvalue weighted by molar-refractivity contribution is 4.81. The zero-order valence-corrected chi connectivity index (χ0v) is 10.8. The van der Waals surface area contributed by atoms with Crippen molar-refractivity contribution in [1.29, 1.82) is 0 Å². The Morgan fingerprint density at radius 2 is 1.67 bits per heavy atom. The van der Waals surface area contributed by atoms with E-state index in [1.807, 2.05) is 7.11 Å². The third-order valence-corrected chi connectivity index (χ3v) is 2.83. The first kappa shape index (κ1) is 14.7. The van der Waals surface area contributed by atoms with Crippen LogP contribution in [0.1, 0.15) is 65.2 Å². The van der Waals surface area contributed by atoms with Crippen LogP contribution in [-0.4, -0.2) is 13.2 Å². The second-order valence-corrected chi connectivity index (χ2v) is 4.16. The average Bonchev–Trinajstić information content (AvgIpc) is 2.27. The van der Waals surface area contributed by atoms with Crippen molar-refractivity contribution in [2.45, 2.75) is 71.3 Å². The number of methoxy groups -OCH3 is 1. The topological polar surface area (TPSA) is 9.23 Å². The zero-order chi connectivity index (χ0) is 11.4. The number of hydrogen-bond acceptors (Lipinski definition) is 1. The monoisotopic (exact) mass is 212 g/mol. The first-order valence-electron chi connectivity index (χ1n) is 6.52. The summed E-state index contributed by atoms with van der Waals surface area (Å²) in [5.74, 6) is 0. The highest BCUT2D eigenvalue weighted by Crippen LogP contribution is 2.09. The molecule has 0 aliphatic rings. The zero-order valence-electron chi connectivity index (χ0n) is 10.8. The van der Waals surface area contributed by atoms with Gasteiger partial charge in [0.05, 0.1) is 6.10 Å². The smallest absolute Gasteiger partial charge is 0.0568 e. The van der Waals surface area contributed by atoms with Crippen LogP contribution in [0.5, 0.6) is 0 Å². The van der Waals surface area contributed by atoms with E-state index >= 15 is 0 Å². The minimum atomic E-state index is 0.481. The lowest BCUT2D eigenvalue weighted by molar-refractivity contribution is 0.0899. The van der Waals surface area contributed by atoms with Crippen LogP contribution in [0.4, 0.5) is 0 Å². The van der Waals surface area contributed by atoms with Crippen molar-refractivity contribution in [3.63, 3.8) is 0 Å². The first-order valence-corrected chi connectivity index (χ1v) is 6.52. The molecule has 0 rings (SSSR count). The molecular weight excluding hydrogens is 184 g/mol. The minimum absolute atomic E-state index is 0.481. The maximum atomic E-state index is 5.34. The molecule has 0 aromatic heterocycles. The lowest BCUT2D eigenvalue weighted by Gasteiger charge is -2.11. The molecule has 0 aromatic carbocycles. The van der Waals surface area contributed by atoms with Crippen LogP contribution in [-0.2, 0) is 4.74 Å². The molecule has 90 valence electrons. The maximum Gasteiger partial charge on any atom is 0.0568 e. The van der Waals surface area contributed by atoms with Crippen molar-refractivity contribution < 1.29 is 4.74 Å². The van der Waals surface area contributed by atoms with Gasteiger partial charge in [-0.15, -0.1) is 0 Å². The molecule has 1 nitrogen and oxygen atoms in total. The second kappa shape index (κ2) is 11.8. The fourth-order valence-electron chi connectivity index (χ4n) is 1.68. The van der Waals surface area contributed by atoms with E-state index in [0.717, 1.165) is 6.42 Å². The number of ether oxygens (including phenoxy) is 1. The van der Waals surface area contributed by atoms with Gasteiger partial charge in [-0.1, -0.05) is 45.3 Å². The summed E-state index contributed by atoms with van der Waals surface area (Å²) in [5, 5.41) is 0. The van der Waals surface area contributed by atoms with Crippen LogP contribution in [0, 0.1) is 0 Å². The third kappa shape index (κ3) is 9.99. The van der Waals surface area contributed by atoms with Crippen LogP contribution < -0.4 is 0 Å². The third-order valence-electron chi connectivity index (χ3n) is 2.83. The van der Waals surface area contributed by atoms with Crippen LogP contribution in [0.25, 0.3) is 0 Å². The van der Waals surface area contributed by atoms with E-state index in [-0.39, 0.29) is 0 Å². The Bertz CT molecular complexity index is 136. The molecular formula is C14H28O. The molecule has 0 N–H and O–H groups in total. The summed E-state index contributed by atoms with van der Waals surface area (Å²) in [5.41, 5.74) is 0. The Kier molecular flexibility index (Phi) is 11.5. The number of rotatable bonds is 10. The Morgan fingerprint density at radius 3 is 2.20 bits per heavy atom. The maximum absolute atomic E-state index is 5.34. The minimum Gasteiger partial charge on any atom is -0.381 e. The van der Waals surface area contributed by atoms with E-state index < -0.39 is 0 Å². The summed E-state index contributed by atoms with van der Waals surface area (Å²) < 4.78 is 5.34. The predicted octanol–water partition coefficient (Wildman–Crippen LogP) is 4.72. The van der Waals surface area contributed by atoms with Gasteiger partial charge in [-0.25, -0.2) is 0 Å². The molecule has 0 radical (unpaired) electrons. The van der Waals surface area contributed by atoms with Gasteiger partial charge in [0.15, 0.2) is 0 Å². The van der Waals surface area contributed by atoms with Gasteiger partial charge in [-0.3, -0.25) is 0 Å². The molecule has 0 fully saturated rings. The van der Waals surface area contributed by atoms with Gasteiger partial charge < -0.3 is 4.74 Å². The average molecular weight is 212 g/mol.